The number of ketones is 1. The van der Waals surface area contributed by atoms with E-state index in [1.54, 1.807) is 0 Å². The molecule has 0 bridgehead atoms. The molecule has 0 radical (unpaired) electrons. The van der Waals surface area contributed by atoms with Crippen molar-refractivity contribution in [1.29, 1.82) is 0 Å². The van der Waals surface area contributed by atoms with E-state index < -0.39 is 5.91 Å². The van der Waals surface area contributed by atoms with Crippen LogP contribution in [-0.4, -0.2) is 24.4 Å². The van der Waals surface area contributed by atoms with Gasteiger partial charge >= 0.3 is 0 Å². The van der Waals surface area contributed by atoms with E-state index in [1.807, 2.05) is 13.8 Å². The molecular weight excluding hydrogens is 146 g/mol. The van der Waals surface area contributed by atoms with Crippen LogP contribution in [0.5, 0.6) is 0 Å². The minimum absolute atomic E-state index is 0.00632. The Labute approximate surface area is 65.7 Å². The summed E-state index contributed by atoms with van der Waals surface area (Å²) in [6, 6.07) is 0. The van der Waals surface area contributed by atoms with E-state index in [9.17, 15) is 9.59 Å². The number of carbonyl (C=O) groups is 2. The van der Waals surface area contributed by atoms with Crippen LogP contribution in [0, 0.1) is 0 Å². The van der Waals surface area contributed by atoms with Crippen LogP contribution in [0.15, 0.2) is 0 Å². The fraction of sp³-hybridized carbons (Fsp3) is 0.714. The van der Waals surface area contributed by atoms with Gasteiger partial charge in [-0.05, 0) is 13.8 Å². The van der Waals surface area contributed by atoms with Gasteiger partial charge in [-0.2, -0.15) is 0 Å². The van der Waals surface area contributed by atoms with Gasteiger partial charge in [-0.25, -0.2) is 0 Å². The fourth-order valence-electron chi connectivity index (χ4n) is 0.505. The highest BCUT2D eigenvalue weighted by Crippen LogP contribution is 1.89. The van der Waals surface area contributed by atoms with Crippen molar-refractivity contribution in [2.24, 2.45) is 5.73 Å². The molecule has 0 spiro atoms. The van der Waals surface area contributed by atoms with Crippen LogP contribution in [-0.2, 0) is 14.3 Å². The van der Waals surface area contributed by atoms with Gasteiger partial charge in [0.1, 0.15) is 6.61 Å². The normalized spacial score (nSPS) is 10.1. The highest BCUT2D eigenvalue weighted by molar-refractivity contribution is 5.97. The van der Waals surface area contributed by atoms with Crippen molar-refractivity contribution in [3.05, 3.63) is 0 Å². The number of carbonyl (C=O) groups excluding carboxylic acids is 2. The standard InChI is InChI=1S/C7H13NO3/c1-5(2)11-4-6(9)3-7(8)10/h5H,3-4H2,1-2H3,(H2,8,10). The van der Waals surface area contributed by atoms with Gasteiger partial charge in [0.05, 0.1) is 12.5 Å². The maximum absolute atomic E-state index is 10.7. The molecule has 0 heterocycles. The van der Waals surface area contributed by atoms with Crippen molar-refractivity contribution in [2.75, 3.05) is 6.61 Å². The van der Waals surface area contributed by atoms with Crippen LogP contribution in [0.2, 0.25) is 0 Å². The summed E-state index contributed by atoms with van der Waals surface area (Å²) in [6.45, 7) is 3.61. The first-order valence-electron chi connectivity index (χ1n) is 3.44. The Hall–Kier alpha value is -0.900. The van der Waals surface area contributed by atoms with Gasteiger partial charge in [0.25, 0.3) is 0 Å². The van der Waals surface area contributed by atoms with Crippen LogP contribution < -0.4 is 5.73 Å². The molecule has 0 aromatic carbocycles. The molecule has 0 saturated heterocycles. The molecule has 0 aromatic rings. The predicted octanol–water partition coefficient (Wildman–Crippen LogP) is -0.144. The Balaban J connectivity index is 3.46. The highest BCUT2D eigenvalue weighted by Gasteiger charge is 2.06. The minimum atomic E-state index is -0.609. The third-order valence-corrected chi connectivity index (χ3v) is 0.949. The van der Waals surface area contributed by atoms with E-state index in [-0.39, 0.29) is 24.9 Å². The molecule has 0 saturated carbocycles. The van der Waals surface area contributed by atoms with Crippen LogP contribution in [0.3, 0.4) is 0 Å². The Bertz CT molecular complexity index is 154. The van der Waals surface area contributed by atoms with Crippen molar-refractivity contribution in [2.45, 2.75) is 26.4 Å². The quantitative estimate of drug-likeness (QED) is 0.567. The number of rotatable bonds is 5. The Morgan fingerprint density at radius 2 is 2.00 bits per heavy atom. The van der Waals surface area contributed by atoms with E-state index >= 15 is 0 Å². The summed E-state index contributed by atoms with van der Waals surface area (Å²) in [6.07, 6.45) is -0.223. The van der Waals surface area contributed by atoms with Gasteiger partial charge in [0.2, 0.25) is 5.91 Å². The zero-order chi connectivity index (χ0) is 8.85. The van der Waals surface area contributed by atoms with E-state index in [1.165, 1.54) is 0 Å². The van der Waals surface area contributed by atoms with Gasteiger partial charge in [-0.3, -0.25) is 9.59 Å². The van der Waals surface area contributed by atoms with Crippen molar-refractivity contribution in [3.63, 3.8) is 0 Å². The monoisotopic (exact) mass is 159 g/mol. The number of nitrogens with two attached hydrogens (primary N) is 1. The Morgan fingerprint density at radius 1 is 1.45 bits per heavy atom. The molecule has 0 atom stereocenters. The first-order chi connectivity index (χ1) is 5.02. The molecule has 0 fully saturated rings. The summed E-state index contributed by atoms with van der Waals surface area (Å²) < 4.78 is 4.95. The largest absolute Gasteiger partial charge is 0.371 e. The Morgan fingerprint density at radius 3 is 2.36 bits per heavy atom. The van der Waals surface area contributed by atoms with Crippen molar-refractivity contribution in [1.82, 2.24) is 0 Å². The molecule has 2 N–H and O–H groups in total. The smallest absolute Gasteiger partial charge is 0.224 e. The maximum atomic E-state index is 10.7. The molecule has 1 amide bonds. The lowest BCUT2D eigenvalue weighted by Gasteiger charge is -2.04. The van der Waals surface area contributed by atoms with Crippen molar-refractivity contribution in [3.8, 4) is 0 Å². The molecule has 11 heavy (non-hydrogen) atoms. The predicted molar refractivity (Wildman–Crippen MR) is 39.9 cm³/mol. The zero-order valence-electron chi connectivity index (χ0n) is 6.79. The van der Waals surface area contributed by atoms with Gasteiger partial charge in [0.15, 0.2) is 5.78 Å². The Kier molecular flexibility index (Phi) is 4.45. The molecule has 0 aliphatic carbocycles. The molecule has 4 nitrogen and oxygen atoms in total. The average Bonchev–Trinajstić information content (AvgIpc) is 1.82. The molecule has 0 aliphatic heterocycles. The first kappa shape index (κ1) is 10.1. The van der Waals surface area contributed by atoms with Crippen molar-refractivity contribution < 1.29 is 14.3 Å². The number of hydrogen-bond donors (Lipinski definition) is 1. The SMILES string of the molecule is CC(C)OCC(=O)CC(N)=O. The molecule has 0 unspecified atom stereocenters. The molecule has 0 aliphatic rings. The third-order valence-electron chi connectivity index (χ3n) is 0.949. The lowest BCUT2D eigenvalue weighted by atomic mass is 10.3. The molecular formula is C7H13NO3. The summed E-state index contributed by atoms with van der Waals surface area (Å²) in [7, 11) is 0. The maximum Gasteiger partial charge on any atom is 0.224 e. The molecule has 64 valence electrons. The van der Waals surface area contributed by atoms with Gasteiger partial charge < -0.3 is 10.5 Å². The molecule has 4 heteroatoms. The number of primary amides is 1. The second-order valence-electron chi connectivity index (χ2n) is 2.54. The fourth-order valence-corrected chi connectivity index (χ4v) is 0.505. The second-order valence-corrected chi connectivity index (χ2v) is 2.54. The number of hydrogen-bond acceptors (Lipinski definition) is 3. The topological polar surface area (TPSA) is 69.4 Å². The number of ether oxygens (including phenoxy) is 1. The van der Waals surface area contributed by atoms with Crippen LogP contribution in [0.25, 0.3) is 0 Å². The van der Waals surface area contributed by atoms with Crippen LogP contribution in [0.1, 0.15) is 20.3 Å². The second kappa shape index (κ2) is 4.85. The summed E-state index contributed by atoms with van der Waals surface area (Å²) in [5.41, 5.74) is 4.78. The lowest BCUT2D eigenvalue weighted by Crippen LogP contribution is -2.20. The van der Waals surface area contributed by atoms with Crippen molar-refractivity contribution >= 4 is 11.7 Å². The molecule has 0 aromatic heterocycles. The van der Waals surface area contributed by atoms with E-state index in [4.69, 9.17) is 10.5 Å². The summed E-state index contributed by atoms with van der Waals surface area (Å²) >= 11 is 0. The first-order valence-corrected chi connectivity index (χ1v) is 3.44. The van der Waals surface area contributed by atoms with Crippen LogP contribution in [0.4, 0.5) is 0 Å². The van der Waals surface area contributed by atoms with Crippen LogP contribution >= 0.6 is 0 Å². The summed E-state index contributed by atoms with van der Waals surface area (Å²) in [4.78, 5) is 20.9. The zero-order valence-corrected chi connectivity index (χ0v) is 6.79. The number of Topliss-reactive ketones (excluding diaryl/α,β-unsaturated/α-hetero) is 1. The summed E-state index contributed by atoms with van der Waals surface area (Å²) in [5.74, 6) is -0.881. The highest BCUT2D eigenvalue weighted by atomic mass is 16.5. The van der Waals surface area contributed by atoms with E-state index in [0.717, 1.165) is 0 Å². The van der Waals surface area contributed by atoms with E-state index in [2.05, 4.69) is 0 Å². The van der Waals surface area contributed by atoms with Gasteiger partial charge in [-0.1, -0.05) is 0 Å². The number of amides is 1. The third kappa shape index (κ3) is 6.99. The van der Waals surface area contributed by atoms with Gasteiger partial charge in [-0.15, -0.1) is 0 Å². The lowest BCUT2D eigenvalue weighted by molar-refractivity contribution is -0.130. The minimum Gasteiger partial charge on any atom is -0.371 e. The van der Waals surface area contributed by atoms with Gasteiger partial charge in [0, 0.05) is 0 Å². The summed E-state index contributed by atoms with van der Waals surface area (Å²) in [5, 5.41) is 0. The average molecular weight is 159 g/mol. The molecule has 0 rings (SSSR count). The van der Waals surface area contributed by atoms with E-state index in [0.29, 0.717) is 0 Å².